The van der Waals surface area contributed by atoms with Crippen molar-refractivity contribution in [3.63, 3.8) is 0 Å². The lowest BCUT2D eigenvalue weighted by atomic mass is 9.97. The molecule has 126 valence electrons. The van der Waals surface area contributed by atoms with Crippen molar-refractivity contribution in [2.24, 2.45) is 5.41 Å². The lowest BCUT2D eigenvalue weighted by Gasteiger charge is -2.16. The maximum Gasteiger partial charge on any atom is 0.311 e. The summed E-state index contributed by atoms with van der Waals surface area (Å²) in [5, 5.41) is 0. The highest BCUT2D eigenvalue weighted by molar-refractivity contribution is 5.75. The van der Waals surface area contributed by atoms with Crippen LogP contribution in [0, 0.1) is 5.41 Å². The van der Waals surface area contributed by atoms with Crippen molar-refractivity contribution in [2.45, 2.75) is 45.8 Å². The van der Waals surface area contributed by atoms with E-state index in [1.165, 1.54) is 0 Å². The number of hydrogen-bond acceptors (Lipinski definition) is 4. The van der Waals surface area contributed by atoms with E-state index in [4.69, 9.17) is 9.47 Å². The van der Waals surface area contributed by atoms with Gasteiger partial charge in [-0.2, -0.15) is 0 Å². The number of carbonyl (C=O) groups is 1. The Morgan fingerprint density at radius 2 is 1.96 bits per heavy atom. The average Bonchev–Trinajstić information content (AvgIpc) is 3.32. The van der Waals surface area contributed by atoms with Gasteiger partial charge < -0.3 is 9.47 Å². The van der Waals surface area contributed by atoms with Gasteiger partial charge in [0.1, 0.15) is 18.5 Å². The molecule has 1 aliphatic carbocycles. The van der Waals surface area contributed by atoms with Crippen LogP contribution in [0.3, 0.4) is 0 Å². The van der Waals surface area contributed by atoms with Crippen molar-refractivity contribution in [1.82, 2.24) is 4.98 Å². The monoisotopic (exact) mass is 325 g/mol. The summed E-state index contributed by atoms with van der Waals surface area (Å²) in [6, 6.07) is 12.0. The molecule has 1 fully saturated rings. The molecule has 3 rings (SSSR count). The van der Waals surface area contributed by atoms with Gasteiger partial charge in [-0.05, 0) is 44.4 Å². The number of esters is 1. The number of rotatable bonds is 5. The van der Waals surface area contributed by atoms with E-state index in [9.17, 15) is 4.79 Å². The molecule has 0 amide bonds. The first-order chi connectivity index (χ1) is 11.4. The highest BCUT2D eigenvalue weighted by atomic mass is 16.6. The third kappa shape index (κ3) is 4.13. The van der Waals surface area contributed by atoms with Crippen LogP contribution in [0.15, 0.2) is 48.8 Å². The van der Waals surface area contributed by atoms with Crippen molar-refractivity contribution >= 4 is 5.97 Å². The summed E-state index contributed by atoms with van der Waals surface area (Å²) >= 11 is 0. The molecule has 0 aliphatic heterocycles. The van der Waals surface area contributed by atoms with Crippen LogP contribution in [0.2, 0.25) is 0 Å². The molecule has 4 nitrogen and oxygen atoms in total. The first kappa shape index (κ1) is 16.5. The van der Waals surface area contributed by atoms with Crippen molar-refractivity contribution in [2.75, 3.05) is 0 Å². The zero-order chi connectivity index (χ0) is 17.2. The fourth-order valence-corrected chi connectivity index (χ4v) is 2.43. The van der Waals surface area contributed by atoms with Crippen LogP contribution in [0.1, 0.15) is 44.2 Å². The van der Waals surface area contributed by atoms with Crippen LogP contribution in [-0.2, 0) is 16.1 Å². The van der Waals surface area contributed by atoms with Gasteiger partial charge in [0.05, 0.1) is 11.6 Å². The Labute approximate surface area is 142 Å². The molecule has 0 saturated heterocycles. The zero-order valence-electron chi connectivity index (χ0n) is 14.4. The third-order valence-electron chi connectivity index (χ3n) is 4.01. The fourth-order valence-electron chi connectivity index (χ4n) is 2.43. The maximum absolute atomic E-state index is 12.0. The fraction of sp³-hybridized carbons (Fsp3) is 0.400. The zero-order valence-corrected chi connectivity index (χ0v) is 14.4. The lowest BCUT2D eigenvalue weighted by molar-refractivity contribution is -0.154. The minimum absolute atomic E-state index is 0.0390. The molecule has 0 bridgehead atoms. The molecule has 1 aromatic carbocycles. The predicted octanol–water partition coefficient (Wildman–Crippen LogP) is 4.11. The van der Waals surface area contributed by atoms with Crippen molar-refractivity contribution in [3.8, 4) is 5.75 Å². The summed E-state index contributed by atoms with van der Waals surface area (Å²) in [6.07, 6.45) is 4.35. The molecule has 1 heterocycles. The van der Waals surface area contributed by atoms with Crippen LogP contribution in [0.25, 0.3) is 0 Å². The molecule has 1 saturated carbocycles. The summed E-state index contributed by atoms with van der Waals surface area (Å²) < 4.78 is 11.4. The average molecular weight is 325 g/mol. The van der Waals surface area contributed by atoms with E-state index in [1.54, 1.807) is 6.20 Å². The van der Waals surface area contributed by atoms with Gasteiger partial charge in [0, 0.05) is 12.1 Å². The van der Waals surface area contributed by atoms with Crippen molar-refractivity contribution < 1.29 is 14.3 Å². The molecule has 2 atom stereocenters. The van der Waals surface area contributed by atoms with Gasteiger partial charge >= 0.3 is 5.97 Å². The Morgan fingerprint density at radius 1 is 1.21 bits per heavy atom. The Hall–Kier alpha value is -2.36. The number of ether oxygens (including phenoxy) is 2. The number of benzene rings is 1. The summed E-state index contributed by atoms with van der Waals surface area (Å²) in [6.45, 7) is 6.12. The van der Waals surface area contributed by atoms with Crippen LogP contribution < -0.4 is 4.74 Å². The van der Waals surface area contributed by atoms with Crippen LogP contribution >= 0.6 is 0 Å². The first-order valence-electron chi connectivity index (χ1n) is 8.26. The second-order valence-electron chi connectivity index (χ2n) is 7.26. The van der Waals surface area contributed by atoms with Gasteiger partial charge in [0.15, 0.2) is 0 Å². The summed E-state index contributed by atoms with van der Waals surface area (Å²) in [5.74, 6) is 0.813. The molecule has 4 heteroatoms. The van der Waals surface area contributed by atoms with Gasteiger partial charge in [0.2, 0.25) is 0 Å². The largest absolute Gasteiger partial charge is 0.487 e. The first-order valence-corrected chi connectivity index (χ1v) is 8.26. The molecule has 0 N–H and O–H groups in total. The summed E-state index contributed by atoms with van der Waals surface area (Å²) in [5.41, 5.74) is 1.71. The molecule has 2 aromatic rings. The Balaban J connectivity index is 1.57. The van der Waals surface area contributed by atoms with Gasteiger partial charge in [-0.25, -0.2) is 0 Å². The molecule has 0 spiro atoms. The topological polar surface area (TPSA) is 48.4 Å². The maximum atomic E-state index is 12.0. The summed E-state index contributed by atoms with van der Waals surface area (Å²) in [7, 11) is 0. The molecule has 0 radical (unpaired) electrons. The number of carbonyl (C=O) groups excluding carboxylic acids is 1. The van der Waals surface area contributed by atoms with Crippen LogP contribution in [0.5, 0.6) is 5.75 Å². The molecule has 1 aliphatic rings. The van der Waals surface area contributed by atoms with E-state index in [2.05, 4.69) is 4.98 Å². The second kappa shape index (κ2) is 6.63. The van der Waals surface area contributed by atoms with E-state index in [0.717, 1.165) is 23.3 Å². The number of pyridine rings is 1. The van der Waals surface area contributed by atoms with Crippen LogP contribution in [0.4, 0.5) is 0 Å². The van der Waals surface area contributed by atoms with Crippen LogP contribution in [-0.4, -0.2) is 17.1 Å². The SMILES string of the molecule is CC(C)(C)C(=O)OC1CC1c1cncc(OCc2ccccc2)c1. The minimum Gasteiger partial charge on any atom is -0.487 e. The van der Waals surface area contributed by atoms with Crippen molar-refractivity contribution in [3.05, 3.63) is 59.9 Å². The normalized spacial score (nSPS) is 19.6. The predicted molar refractivity (Wildman–Crippen MR) is 91.7 cm³/mol. The van der Waals surface area contributed by atoms with E-state index in [-0.39, 0.29) is 18.0 Å². The molecular weight excluding hydrogens is 302 g/mol. The quantitative estimate of drug-likeness (QED) is 0.776. The number of nitrogens with zero attached hydrogens (tertiary/aromatic N) is 1. The lowest BCUT2D eigenvalue weighted by Crippen LogP contribution is -2.24. The highest BCUT2D eigenvalue weighted by Gasteiger charge is 2.43. The minimum atomic E-state index is -0.466. The van der Waals surface area contributed by atoms with E-state index in [1.807, 2.05) is 63.4 Å². The van der Waals surface area contributed by atoms with Gasteiger partial charge in [-0.3, -0.25) is 9.78 Å². The van der Waals surface area contributed by atoms with E-state index >= 15 is 0 Å². The number of aromatic nitrogens is 1. The highest BCUT2D eigenvalue weighted by Crippen LogP contribution is 2.44. The van der Waals surface area contributed by atoms with Crippen molar-refractivity contribution in [1.29, 1.82) is 0 Å². The smallest absolute Gasteiger partial charge is 0.311 e. The summed E-state index contributed by atoms with van der Waals surface area (Å²) in [4.78, 5) is 16.2. The standard InChI is InChI=1S/C20H23NO3/c1-20(2,3)19(22)24-18-10-17(18)15-9-16(12-21-11-15)23-13-14-7-5-4-6-8-14/h4-9,11-12,17-18H,10,13H2,1-3H3. The van der Waals surface area contributed by atoms with Gasteiger partial charge in [-0.15, -0.1) is 0 Å². The van der Waals surface area contributed by atoms with E-state index < -0.39 is 5.41 Å². The molecule has 1 aromatic heterocycles. The third-order valence-corrected chi connectivity index (χ3v) is 4.01. The second-order valence-corrected chi connectivity index (χ2v) is 7.26. The van der Waals surface area contributed by atoms with Gasteiger partial charge in [-0.1, -0.05) is 30.3 Å². The Bertz CT molecular complexity index is 706. The number of hydrogen-bond donors (Lipinski definition) is 0. The van der Waals surface area contributed by atoms with E-state index in [0.29, 0.717) is 6.61 Å². The Morgan fingerprint density at radius 3 is 2.67 bits per heavy atom. The molecule has 2 unspecified atom stereocenters. The molecule has 24 heavy (non-hydrogen) atoms. The molecular formula is C20H23NO3. The Kier molecular flexibility index (Phi) is 4.56. The van der Waals surface area contributed by atoms with Gasteiger partial charge in [0.25, 0.3) is 0 Å².